The van der Waals surface area contributed by atoms with Crippen LogP contribution in [-0.2, 0) is 20.4 Å². The monoisotopic (exact) mass is 453 g/mol. The van der Waals surface area contributed by atoms with Crippen molar-refractivity contribution in [2.75, 3.05) is 68.1 Å². The van der Waals surface area contributed by atoms with E-state index in [1.165, 1.54) is 0 Å². The van der Waals surface area contributed by atoms with E-state index in [1.807, 2.05) is 9.80 Å². The second kappa shape index (κ2) is 8.30. The van der Waals surface area contributed by atoms with Crippen molar-refractivity contribution in [1.29, 1.82) is 0 Å². The van der Waals surface area contributed by atoms with Gasteiger partial charge in [-0.15, -0.1) is 0 Å². The molecule has 0 spiro atoms. The first-order valence-electron chi connectivity index (χ1n) is 10.3. The number of rotatable bonds is 3. The van der Waals surface area contributed by atoms with Crippen LogP contribution in [0.5, 0.6) is 0 Å². The van der Waals surface area contributed by atoms with Crippen LogP contribution in [0, 0.1) is 0 Å². The van der Waals surface area contributed by atoms with Crippen LogP contribution in [0.15, 0.2) is 12.3 Å². The molecule has 0 bridgehead atoms. The SMILES string of the molecule is Nc1cc(C(F)(F)F)c(-c2nc(N3CCOCC3)nc(N3C[C@H]4OCCO[C@@H]4C3)n2)cn1. The average molecular weight is 453 g/mol. The van der Waals surface area contributed by atoms with Gasteiger partial charge in [-0.1, -0.05) is 0 Å². The molecule has 32 heavy (non-hydrogen) atoms. The molecule has 0 amide bonds. The van der Waals surface area contributed by atoms with Crippen molar-refractivity contribution in [1.82, 2.24) is 19.9 Å². The second-order valence-corrected chi connectivity index (χ2v) is 7.73. The summed E-state index contributed by atoms with van der Waals surface area (Å²) in [6.45, 7) is 3.95. The Morgan fingerprint density at radius 1 is 0.906 bits per heavy atom. The van der Waals surface area contributed by atoms with Gasteiger partial charge >= 0.3 is 6.18 Å². The molecule has 0 unspecified atom stereocenters. The summed E-state index contributed by atoms with van der Waals surface area (Å²) in [5.41, 5.74) is 4.32. The molecule has 2 N–H and O–H groups in total. The fraction of sp³-hybridized carbons (Fsp3) is 0.579. The van der Waals surface area contributed by atoms with E-state index < -0.39 is 11.7 Å². The van der Waals surface area contributed by atoms with E-state index in [-0.39, 0.29) is 41.3 Å². The summed E-state index contributed by atoms with van der Waals surface area (Å²) in [6.07, 6.45) is -3.88. The Labute approximate surface area is 181 Å². The Bertz CT molecular complexity index is 973. The molecule has 3 aliphatic heterocycles. The highest BCUT2D eigenvalue weighted by Gasteiger charge is 2.39. The number of ether oxygens (including phenoxy) is 3. The van der Waals surface area contributed by atoms with Gasteiger partial charge in [-0.05, 0) is 6.07 Å². The molecular formula is C19H22F3N7O3. The van der Waals surface area contributed by atoms with E-state index in [0.717, 1.165) is 12.3 Å². The zero-order chi connectivity index (χ0) is 22.3. The number of hydrogen-bond donors (Lipinski definition) is 1. The number of anilines is 3. The average Bonchev–Trinajstić information content (AvgIpc) is 3.23. The molecule has 5 rings (SSSR count). The Morgan fingerprint density at radius 3 is 2.16 bits per heavy atom. The van der Waals surface area contributed by atoms with Crippen molar-refractivity contribution in [2.24, 2.45) is 0 Å². The maximum atomic E-state index is 13.7. The van der Waals surface area contributed by atoms with Crippen molar-refractivity contribution in [2.45, 2.75) is 18.4 Å². The van der Waals surface area contributed by atoms with Gasteiger partial charge in [0, 0.05) is 32.4 Å². The molecule has 0 aliphatic carbocycles. The van der Waals surface area contributed by atoms with Crippen molar-refractivity contribution < 1.29 is 27.4 Å². The van der Waals surface area contributed by atoms with Gasteiger partial charge in [-0.2, -0.15) is 28.1 Å². The van der Waals surface area contributed by atoms with Crippen LogP contribution in [0.4, 0.5) is 30.9 Å². The van der Waals surface area contributed by atoms with Crippen molar-refractivity contribution in [3.8, 4) is 11.4 Å². The van der Waals surface area contributed by atoms with Gasteiger partial charge in [0.25, 0.3) is 0 Å². The number of nitrogens with two attached hydrogens (primary N) is 1. The van der Waals surface area contributed by atoms with Gasteiger partial charge in [0.05, 0.1) is 37.6 Å². The Kier molecular flexibility index (Phi) is 5.47. The molecule has 3 aliphatic rings. The summed E-state index contributed by atoms with van der Waals surface area (Å²) >= 11 is 0. The minimum Gasteiger partial charge on any atom is -0.384 e. The highest BCUT2D eigenvalue weighted by atomic mass is 19.4. The van der Waals surface area contributed by atoms with Crippen LogP contribution < -0.4 is 15.5 Å². The van der Waals surface area contributed by atoms with Crippen molar-refractivity contribution in [3.63, 3.8) is 0 Å². The number of halogens is 3. The third-order valence-corrected chi connectivity index (χ3v) is 5.62. The maximum absolute atomic E-state index is 13.7. The minimum atomic E-state index is -4.65. The van der Waals surface area contributed by atoms with Gasteiger partial charge < -0.3 is 29.7 Å². The Balaban J connectivity index is 1.58. The van der Waals surface area contributed by atoms with Crippen molar-refractivity contribution in [3.05, 3.63) is 17.8 Å². The van der Waals surface area contributed by atoms with E-state index in [0.29, 0.717) is 52.6 Å². The summed E-state index contributed by atoms with van der Waals surface area (Å²) in [6, 6.07) is 0.791. The predicted octanol–water partition coefficient (Wildman–Crippen LogP) is 0.975. The Morgan fingerprint density at radius 2 is 1.53 bits per heavy atom. The normalized spacial score (nSPS) is 24.0. The predicted molar refractivity (Wildman–Crippen MR) is 107 cm³/mol. The number of hydrogen-bond acceptors (Lipinski definition) is 10. The van der Waals surface area contributed by atoms with E-state index >= 15 is 0 Å². The number of aromatic nitrogens is 4. The van der Waals surface area contributed by atoms with E-state index in [1.54, 1.807) is 0 Å². The van der Waals surface area contributed by atoms with Crippen LogP contribution in [0.3, 0.4) is 0 Å². The highest BCUT2D eigenvalue weighted by molar-refractivity contribution is 5.64. The summed E-state index contributed by atoms with van der Waals surface area (Å²) in [5.74, 6) is 0.202. The first kappa shape index (κ1) is 21.1. The lowest BCUT2D eigenvalue weighted by Crippen LogP contribution is -2.38. The largest absolute Gasteiger partial charge is 0.417 e. The fourth-order valence-electron chi connectivity index (χ4n) is 4.03. The molecule has 13 heteroatoms. The molecule has 3 fully saturated rings. The molecule has 0 saturated carbocycles. The fourth-order valence-corrected chi connectivity index (χ4v) is 4.03. The molecule has 2 aromatic rings. The van der Waals surface area contributed by atoms with Crippen LogP contribution in [0.2, 0.25) is 0 Å². The van der Waals surface area contributed by atoms with E-state index in [9.17, 15) is 13.2 Å². The van der Waals surface area contributed by atoms with Gasteiger partial charge in [0.1, 0.15) is 18.0 Å². The van der Waals surface area contributed by atoms with Crippen LogP contribution in [-0.4, -0.2) is 84.8 Å². The molecular weight excluding hydrogens is 431 g/mol. The first-order valence-corrected chi connectivity index (χ1v) is 10.3. The third kappa shape index (κ3) is 4.14. The second-order valence-electron chi connectivity index (χ2n) is 7.73. The minimum absolute atomic E-state index is 0.118. The van der Waals surface area contributed by atoms with Gasteiger partial charge in [0.15, 0.2) is 5.82 Å². The maximum Gasteiger partial charge on any atom is 0.417 e. The summed E-state index contributed by atoms with van der Waals surface area (Å²) in [5, 5.41) is 0. The van der Waals surface area contributed by atoms with Crippen LogP contribution >= 0.6 is 0 Å². The topological polar surface area (TPSA) is 112 Å². The summed E-state index contributed by atoms with van der Waals surface area (Å²) in [7, 11) is 0. The molecule has 3 saturated heterocycles. The molecule has 2 aromatic heterocycles. The Hall–Kier alpha value is -2.77. The highest BCUT2D eigenvalue weighted by Crippen LogP contribution is 2.37. The van der Waals surface area contributed by atoms with E-state index in [2.05, 4.69) is 19.9 Å². The molecule has 2 atom stereocenters. The number of nitrogens with zero attached hydrogens (tertiary/aromatic N) is 6. The number of fused-ring (bicyclic) bond motifs is 1. The smallest absolute Gasteiger partial charge is 0.384 e. The summed E-state index contributed by atoms with van der Waals surface area (Å²) in [4.78, 5) is 20.9. The van der Waals surface area contributed by atoms with Gasteiger partial charge in [-0.25, -0.2) is 4.98 Å². The third-order valence-electron chi connectivity index (χ3n) is 5.62. The van der Waals surface area contributed by atoms with Gasteiger partial charge in [0.2, 0.25) is 11.9 Å². The lowest BCUT2D eigenvalue weighted by Gasteiger charge is -2.28. The zero-order valence-electron chi connectivity index (χ0n) is 17.1. The molecule has 0 radical (unpaired) electrons. The first-order chi connectivity index (χ1) is 15.4. The molecule has 5 heterocycles. The lowest BCUT2D eigenvalue weighted by molar-refractivity contribution is -0.137. The number of morpholine rings is 1. The zero-order valence-corrected chi connectivity index (χ0v) is 17.1. The lowest BCUT2D eigenvalue weighted by atomic mass is 10.1. The molecule has 10 nitrogen and oxygen atoms in total. The number of pyridine rings is 1. The number of nitrogen functional groups attached to an aromatic ring is 1. The van der Waals surface area contributed by atoms with Gasteiger partial charge in [-0.3, -0.25) is 0 Å². The van der Waals surface area contributed by atoms with Crippen LogP contribution in [0.1, 0.15) is 5.56 Å². The molecule has 0 aromatic carbocycles. The quantitative estimate of drug-likeness (QED) is 0.722. The van der Waals surface area contributed by atoms with E-state index in [4.69, 9.17) is 19.9 Å². The van der Waals surface area contributed by atoms with Crippen LogP contribution in [0.25, 0.3) is 11.4 Å². The standard InChI is InChI=1S/C19H22F3N7O3/c20-19(21,22)12-7-15(23)24-8-11(12)16-25-17(28-1-3-30-4-2-28)27-18(26-16)29-9-13-14(10-29)32-6-5-31-13/h7-8,13-14H,1-6,9-10H2,(H2,23,24)/t13-,14-/m1/s1. The van der Waals surface area contributed by atoms with Crippen molar-refractivity contribution >= 4 is 17.7 Å². The number of alkyl halides is 3. The molecule has 172 valence electrons. The summed E-state index contributed by atoms with van der Waals surface area (Å²) < 4.78 is 58.1.